The zero-order valence-corrected chi connectivity index (χ0v) is 19.9. The lowest BCUT2D eigenvalue weighted by Gasteiger charge is -2.12. The Kier molecular flexibility index (Phi) is 10.4. The fraction of sp³-hybridized carbons (Fsp3) is 0.423. The molecule has 0 saturated heterocycles. The number of aryl methyl sites for hydroxylation is 2. The summed E-state index contributed by atoms with van der Waals surface area (Å²) in [5, 5.41) is 2.73. The smallest absolute Gasteiger partial charge is 0.306 e. The second-order valence-electron chi connectivity index (χ2n) is 7.65. The second-order valence-corrected chi connectivity index (χ2v) is 7.65. The van der Waals surface area contributed by atoms with Crippen LogP contribution in [0.3, 0.4) is 0 Å². The largest absolute Gasteiger partial charge is 0.490 e. The van der Waals surface area contributed by atoms with Crippen molar-refractivity contribution in [2.45, 2.75) is 47.0 Å². The number of nitrogens with one attached hydrogen (secondary N) is 1. The Hall–Kier alpha value is -3.35. The minimum Gasteiger partial charge on any atom is -0.490 e. The maximum Gasteiger partial charge on any atom is 0.306 e. The summed E-state index contributed by atoms with van der Waals surface area (Å²) >= 11 is 0. The third kappa shape index (κ3) is 8.60. The molecule has 0 radical (unpaired) electrons. The number of amides is 1. The van der Waals surface area contributed by atoms with Crippen LogP contribution in [0.5, 0.6) is 11.5 Å². The molecule has 0 bridgehead atoms. The summed E-state index contributed by atoms with van der Waals surface area (Å²) in [6.07, 6.45) is 0.576. The molecule has 0 saturated carbocycles. The van der Waals surface area contributed by atoms with Crippen molar-refractivity contribution in [1.29, 1.82) is 0 Å². The van der Waals surface area contributed by atoms with Gasteiger partial charge in [-0.25, -0.2) is 0 Å². The molecule has 0 aliphatic carbocycles. The monoisotopic (exact) mass is 455 g/mol. The first-order chi connectivity index (χ1) is 15.8. The Bertz CT molecular complexity index is 969. The van der Waals surface area contributed by atoms with E-state index < -0.39 is 5.97 Å². The van der Waals surface area contributed by atoms with E-state index in [1.807, 2.05) is 64.1 Å². The average Bonchev–Trinajstić information content (AvgIpc) is 2.79. The van der Waals surface area contributed by atoms with Crippen LogP contribution in [0.15, 0.2) is 36.4 Å². The van der Waals surface area contributed by atoms with Crippen molar-refractivity contribution < 1.29 is 28.6 Å². The number of rotatable bonds is 13. The van der Waals surface area contributed by atoms with Gasteiger partial charge in [-0.05, 0) is 63.4 Å². The summed E-state index contributed by atoms with van der Waals surface area (Å²) in [4.78, 5) is 36.3. The van der Waals surface area contributed by atoms with Crippen LogP contribution in [0.2, 0.25) is 0 Å². The highest BCUT2D eigenvalue weighted by atomic mass is 16.5. The van der Waals surface area contributed by atoms with Gasteiger partial charge in [0, 0.05) is 18.5 Å². The molecule has 0 spiro atoms. The fourth-order valence-electron chi connectivity index (χ4n) is 3.25. The van der Waals surface area contributed by atoms with E-state index in [9.17, 15) is 14.4 Å². The summed E-state index contributed by atoms with van der Waals surface area (Å²) in [7, 11) is 0. The molecule has 2 aromatic rings. The number of benzene rings is 2. The van der Waals surface area contributed by atoms with Gasteiger partial charge < -0.3 is 19.5 Å². The van der Waals surface area contributed by atoms with Crippen LogP contribution in [-0.4, -0.2) is 44.0 Å². The molecule has 1 N–H and O–H groups in total. The minimum atomic E-state index is -0.573. The molecular formula is C26H33NO6. The highest BCUT2D eigenvalue weighted by Crippen LogP contribution is 2.28. The lowest BCUT2D eigenvalue weighted by atomic mass is 9.99. The van der Waals surface area contributed by atoms with Crippen molar-refractivity contribution in [2.24, 2.45) is 0 Å². The fourth-order valence-corrected chi connectivity index (χ4v) is 3.25. The molecule has 0 aromatic heterocycles. The van der Waals surface area contributed by atoms with E-state index in [1.165, 1.54) is 0 Å². The van der Waals surface area contributed by atoms with E-state index in [2.05, 4.69) is 5.32 Å². The Labute approximate surface area is 195 Å². The van der Waals surface area contributed by atoms with E-state index in [4.69, 9.17) is 14.2 Å². The standard InChI is InChI=1S/C26H33NO6/c1-5-31-23-11-9-20(16-24(23)32-6-2)13-14-27-25(29)17-33-26(30)12-10-22(28)21-15-18(3)7-8-19(21)4/h7-9,11,15-16H,5-6,10,12-14,17H2,1-4H3,(H,27,29). The molecular weight excluding hydrogens is 422 g/mol. The van der Waals surface area contributed by atoms with E-state index in [1.54, 1.807) is 0 Å². The molecule has 2 aromatic carbocycles. The summed E-state index contributed by atoms with van der Waals surface area (Å²) in [5.74, 6) is 0.291. The number of carbonyl (C=O) groups is 3. The van der Waals surface area contributed by atoms with Gasteiger partial charge in [0.15, 0.2) is 23.9 Å². The predicted octanol–water partition coefficient (Wildman–Crippen LogP) is 3.97. The van der Waals surface area contributed by atoms with Crippen LogP contribution in [-0.2, 0) is 20.7 Å². The van der Waals surface area contributed by atoms with Gasteiger partial charge in [0.05, 0.1) is 19.6 Å². The number of ether oxygens (including phenoxy) is 3. The van der Waals surface area contributed by atoms with Crippen molar-refractivity contribution in [1.82, 2.24) is 5.32 Å². The Balaban J connectivity index is 1.71. The third-order valence-electron chi connectivity index (χ3n) is 4.96. The second kappa shape index (κ2) is 13.3. The highest BCUT2D eigenvalue weighted by Gasteiger charge is 2.14. The van der Waals surface area contributed by atoms with Crippen LogP contribution in [0.25, 0.3) is 0 Å². The van der Waals surface area contributed by atoms with E-state index in [0.29, 0.717) is 43.2 Å². The third-order valence-corrected chi connectivity index (χ3v) is 4.96. The van der Waals surface area contributed by atoms with Gasteiger partial charge in [-0.1, -0.05) is 23.8 Å². The van der Waals surface area contributed by atoms with Crippen molar-refractivity contribution >= 4 is 17.7 Å². The topological polar surface area (TPSA) is 90.9 Å². The van der Waals surface area contributed by atoms with Gasteiger partial charge in [-0.3, -0.25) is 14.4 Å². The van der Waals surface area contributed by atoms with E-state index in [0.717, 1.165) is 16.7 Å². The van der Waals surface area contributed by atoms with Crippen molar-refractivity contribution in [3.63, 3.8) is 0 Å². The van der Waals surface area contributed by atoms with Crippen LogP contribution in [0.1, 0.15) is 53.7 Å². The quantitative estimate of drug-likeness (QED) is 0.363. The molecule has 0 aliphatic rings. The summed E-state index contributed by atoms with van der Waals surface area (Å²) < 4.78 is 16.2. The molecule has 178 valence electrons. The number of ketones is 1. The van der Waals surface area contributed by atoms with Gasteiger partial charge in [0.1, 0.15) is 0 Å². The van der Waals surface area contributed by atoms with E-state index in [-0.39, 0.29) is 31.1 Å². The average molecular weight is 456 g/mol. The van der Waals surface area contributed by atoms with Gasteiger partial charge in [-0.2, -0.15) is 0 Å². The van der Waals surface area contributed by atoms with Gasteiger partial charge in [-0.15, -0.1) is 0 Å². The molecule has 7 nitrogen and oxygen atoms in total. The van der Waals surface area contributed by atoms with Gasteiger partial charge in [0.25, 0.3) is 5.91 Å². The summed E-state index contributed by atoms with van der Waals surface area (Å²) in [6.45, 7) is 8.69. The van der Waals surface area contributed by atoms with Crippen LogP contribution in [0.4, 0.5) is 0 Å². The van der Waals surface area contributed by atoms with Gasteiger partial charge in [0.2, 0.25) is 0 Å². The number of esters is 1. The summed E-state index contributed by atoms with van der Waals surface area (Å²) in [6, 6.07) is 11.3. The SMILES string of the molecule is CCOc1ccc(CCNC(=O)COC(=O)CCC(=O)c2cc(C)ccc2C)cc1OCC. The first-order valence-electron chi connectivity index (χ1n) is 11.2. The van der Waals surface area contributed by atoms with Crippen LogP contribution in [0, 0.1) is 13.8 Å². The lowest BCUT2D eigenvalue weighted by Crippen LogP contribution is -2.30. The van der Waals surface area contributed by atoms with Crippen LogP contribution < -0.4 is 14.8 Å². The maximum absolute atomic E-state index is 12.4. The molecule has 33 heavy (non-hydrogen) atoms. The Morgan fingerprint density at radius 1 is 0.879 bits per heavy atom. The molecule has 0 fully saturated rings. The molecule has 0 heterocycles. The highest BCUT2D eigenvalue weighted by molar-refractivity contribution is 5.99. The number of hydrogen-bond acceptors (Lipinski definition) is 6. The van der Waals surface area contributed by atoms with Crippen molar-refractivity contribution in [2.75, 3.05) is 26.4 Å². The molecule has 2 rings (SSSR count). The predicted molar refractivity (Wildman–Crippen MR) is 126 cm³/mol. The first-order valence-corrected chi connectivity index (χ1v) is 11.2. The number of carbonyl (C=O) groups excluding carboxylic acids is 3. The molecule has 0 unspecified atom stereocenters. The van der Waals surface area contributed by atoms with E-state index >= 15 is 0 Å². The normalized spacial score (nSPS) is 10.4. The Morgan fingerprint density at radius 2 is 1.61 bits per heavy atom. The van der Waals surface area contributed by atoms with Crippen molar-refractivity contribution in [3.8, 4) is 11.5 Å². The zero-order valence-electron chi connectivity index (χ0n) is 19.9. The minimum absolute atomic E-state index is 0.0463. The zero-order chi connectivity index (χ0) is 24.2. The molecule has 0 atom stereocenters. The van der Waals surface area contributed by atoms with Crippen molar-refractivity contribution in [3.05, 3.63) is 58.7 Å². The summed E-state index contributed by atoms with van der Waals surface area (Å²) in [5.41, 5.74) is 3.47. The molecule has 1 amide bonds. The first kappa shape index (κ1) is 25.9. The number of Topliss-reactive ketones (excluding diaryl/α,β-unsaturated/α-hetero) is 1. The molecule has 0 aliphatic heterocycles. The maximum atomic E-state index is 12.4. The number of hydrogen-bond donors (Lipinski definition) is 1. The van der Waals surface area contributed by atoms with Crippen LogP contribution >= 0.6 is 0 Å². The van der Waals surface area contributed by atoms with Gasteiger partial charge >= 0.3 is 5.97 Å². The Morgan fingerprint density at radius 3 is 2.33 bits per heavy atom. The molecule has 7 heteroatoms. The lowest BCUT2D eigenvalue weighted by molar-refractivity contribution is -0.148.